The molecule has 0 spiro atoms. The molecule has 4 rings (SSSR count). The zero-order valence-corrected chi connectivity index (χ0v) is 16.0. The molecular weight excluding hydrogens is 344 g/mol. The zero-order valence-electron chi connectivity index (χ0n) is 15.2. The van der Waals surface area contributed by atoms with E-state index in [1.54, 1.807) is 7.11 Å². The molecule has 1 atom stereocenters. The molecule has 1 N–H and O–H groups in total. The summed E-state index contributed by atoms with van der Waals surface area (Å²) in [4.78, 5) is 4.55. The lowest BCUT2D eigenvalue weighted by Crippen LogP contribution is -2.06. The Morgan fingerprint density at radius 3 is 2.92 bits per heavy atom. The molecule has 5 nitrogen and oxygen atoms in total. The highest BCUT2D eigenvalue weighted by molar-refractivity contribution is 7.99. The highest BCUT2D eigenvalue weighted by Crippen LogP contribution is 2.46. The molecule has 1 aliphatic heterocycles. The number of pyridine rings is 1. The lowest BCUT2D eigenvalue weighted by molar-refractivity contribution is 0.414. The minimum atomic E-state index is 0.181. The van der Waals surface area contributed by atoms with Crippen LogP contribution in [0.3, 0.4) is 0 Å². The SMILES string of the molecule is COc1ccc(C)c(C2SCCNc3c2c(-c2ccccn2)nn3C)c1. The van der Waals surface area contributed by atoms with E-state index in [2.05, 4.69) is 29.4 Å². The Morgan fingerprint density at radius 2 is 2.15 bits per heavy atom. The summed E-state index contributed by atoms with van der Waals surface area (Å²) in [6, 6.07) is 12.3. The average molecular weight is 366 g/mol. The van der Waals surface area contributed by atoms with E-state index in [9.17, 15) is 0 Å². The van der Waals surface area contributed by atoms with Crippen LogP contribution in [0.25, 0.3) is 11.4 Å². The van der Waals surface area contributed by atoms with Crippen molar-refractivity contribution in [1.82, 2.24) is 14.8 Å². The number of hydrogen-bond donors (Lipinski definition) is 1. The largest absolute Gasteiger partial charge is 0.497 e. The minimum Gasteiger partial charge on any atom is -0.497 e. The second kappa shape index (κ2) is 7.03. The van der Waals surface area contributed by atoms with E-state index in [0.717, 1.165) is 35.3 Å². The summed E-state index contributed by atoms with van der Waals surface area (Å²) >= 11 is 1.94. The van der Waals surface area contributed by atoms with Gasteiger partial charge in [-0.15, -0.1) is 11.8 Å². The molecule has 2 aromatic heterocycles. The van der Waals surface area contributed by atoms with Gasteiger partial charge < -0.3 is 10.1 Å². The third kappa shape index (κ3) is 2.94. The Labute approximate surface area is 157 Å². The van der Waals surface area contributed by atoms with E-state index in [1.807, 2.05) is 54.0 Å². The van der Waals surface area contributed by atoms with Gasteiger partial charge in [0, 0.05) is 31.1 Å². The molecule has 0 amide bonds. The minimum absolute atomic E-state index is 0.181. The highest BCUT2D eigenvalue weighted by atomic mass is 32.2. The van der Waals surface area contributed by atoms with Crippen LogP contribution in [-0.4, -0.2) is 34.2 Å². The van der Waals surface area contributed by atoms with Crippen molar-refractivity contribution in [1.29, 1.82) is 0 Å². The van der Waals surface area contributed by atoms with Crippen LogP contribution in [0.1, 0.15) is 21.9 Å². The number of aryl methyl sites for hydroxylation is 2. The van der Waals surface area contributed by atoms with E-state index < -0.39 is 0 Å². The Hall–Kier alpha value is -2.47. The molecule has 134 valence electrons. The summed E-state index contributed by atoms with van der Waals surface area (Å²) in [5.74, 6) is 2.98. The van der Waals surface area contributed by atoms with Crippen molar-refractivity contribution in [2.45, 2.75) is 12.2 Å². The van der Waals surface area contributed by atoms with Crippen molar-refractivity contribution in [2.24, 2.45) is 7.05 Å². The fraction of sp³-hybridized carbons (Fsp3) is 0.300. The van der Waals surface area contributed by atoms with Gasteiger partial charge in [0.2, 0.25) is 0 Å². The molecular formula is C20H22N4OS. The maximum atomic E-state index is 5.48. The summed E-state index contributed by atoms with van der Waals surface area (Å²) in [5, 5.41) is 8.53. The Balaban J connectivity index is 1.93. The molecule has 3 heterocycles. The molecule has 3 aromatic rings. The van der Waals surface area contributed by atoms with Crippen LogP contribution in [0, 0.1) is 6.92 Å². The normalized spacial score (nSPS) is 16.5. The van der Waals surface area contributed by atoms with Crippen molar-refractivity contribution < 1.29 is 4.74 Å². The Bertz CT molecular complexity index is 923. The van der Waals surface area contributed by atoms with Crippen LogP contribution >= 0.6 is 11.8 Å². The van der Waals surface area contributed by atoms with Crippen LogP contribution < -0.4 is 10.1 Å². The molecule has 0 aliphatic carbocycles. The monoisotopic (exact) mass is 366 g/mol. The predicted molar refractivity (Wildman–Crippen MR) is 107 cm³/mol. The number of fused-ring (bicyclic) bond motifs is 1. The number of benzene rings is 1. The van der Waals surface area contributed by atoms with Gasteiger partial charge in [0.05, 0.1) is 18.1 Å². The second-order valence-corrected chi connectivity index (χ2v) is 7.56. The van der Waals surface area contributed by atoms with E-state index >= 15 is 0 Å². The van der Waals surface area contributed by atoms with Crippen LogP contribution in [0.5, 0.6) is 5.75 Å². The first kappa shape index (κ1) is 17.0. The average Bonchev–Trinajstić information content (AvgIpc) is 2.86. The van der Waals surface area contributed by atoms with E-state index in [4.69, 9.17) is 9.84 Å². The summed E-state index contributed by atoms with van der Waals surface area (Å²) in [6.45, 7) is 3.07. The van der Waals surface area contributed by atoms with Crippen LogP contribution in [0.15, 0.2) is 42.6 Å². The van der Waals surface area contributed by atoms with E-state index in [1.165, 1.54) is 16.7 Å². The summed E-state index contributed by atoms with van der Waals surface area (Å²) in [5.41, 5.74) is 5.57. The van der Waals surface area contributed by atoms with Gasteiger partial charge in [-0.2, -0.15) is 5.10 Å². The second-order valence-electron chi connectivity index (χ2n) is 6.35. The smallest absolute Gasteiger partial charge is 0.129 e. The Kier molecular flexibility index (Phi) is 4.59. The van der Waals surface area contributed by atoms with E-state index in [0.29, 0.717) is 0 Å². The number of aromatic nitrogens is 3. The van der Waals surface area contributed by atoms with Crippen molar-refractivity contribution in [3.63, 3.8) is 0 Å². The molecule has 0 radical (unpaired) electrons. The number of nitrogens with zero attached hydrogens (tertiary/aromatic N) is 3. The van der Waals surface area contributed by atoms with Crippen molar-refractivity contribution >= 4 is 17.6 Å². The molecule has 0 saturated carbocycles. The standard InChI is InChI=1S/C20H22N4OS/c1-13-7-8-14(25-3)12-15(13)19-17-18(16-6-4-5-9-21-16)23-24(2)20(17)22-10-11-26-19/h4-9,12,19,22H,10-11H2,1-3H3. The van der Waals surface area contributed by atoms with Gasteiger partial charge in [0.25, 0.3) is 0 Å². The van der Waals surface area contributed by atoms with Gasteiger partial charge in [-0.3, -0.25) is 9.67 Å². The van der Waals surface area contributed by atoms with Crippen LogP contribution in [0.4, 0.5) is 5.82 Å². The van der Waals surface area contributed by atoms with Crippen LogP contribution in [-0.2, 0) is 7.05 Å². The van der Waals surface area contributed by atoms with Crippen molar-refractivity contribution in [3.05, 3.63) is 59.3 Å². The zero-order chi connectivity index (χ0) is 18.1. The fourth-order valence-corrected chi connectivity index (χ4v) is 4.67. The van der Waals surface area contributed by atoms with Gasteiger partial charge in [0.15, 0.2) is 0 Å². The van der Waals surface area contributed by atoms with Gasteiger partial charge in [-0.05, 0) is 42.3 Å². The molecule has 26 heavy (non-hydrogen) atoms. The number of nitrogens with one attached hydrogen (secondary N) is 1. The third-order valence-corrected chi connectivity index (χ3v) is 5.96. The molecule has 1 unspecified atom stereocenters. The maximum Gasteiger partial charge on any atom is 0.129 e. The van der Waals surface area contributed by atoms with Gasteiger partial charge >= 0.3 is 0 Å². The number of ether oxygens (including phenoxy) is 1. The van der Waals surface area contributed by atoms with Gasteiger partial charge in [-0.25, -0.2) is 0 Å². The predicted octanol–water partition coefficient (Wildman–Crippen LogP) is 4.05. The molecule has 6 heteroatoms. The molecule has 1 aliphatic rings. The van der Waals surface area contributed by atoms with Gasteiger partial charge in [0.1, 0.15) is 17.3 Å². The third-order valence-electron chi connectivity index (χ3n) is 4.70. The maximum absolute atomic E-state index is 5.48. The van der Waals surface area contributed by atoms with Crippen LogP contribution in [0.2, 0.25) is 0 Å². The first-order chi connectivity index (χ1) is 12.7. The van der Waals surface area contributed by atoms with Gasteiger partial charge in [-0.1, -0.05) is 12.1 Å². The summed E-state index contributed by atoms with van der Waals surface area (Å²) in [6.07, 6.45) is 1.82. The summed E-state index contributed by atoms with van der Waals surface area (Å²) in [7, 11) is 3.70. The quantitative estimate of drug-likeness (QED) is 0.758. The first-order valence-corrected chi connectivity index (χ1v) is 9.72. The lowest BCUT2D eigenvalue weighted by atomic mass is 9.98. The molecule has 1 aromatic carbocycles. The van der Waals surface area contributed by atoms with Crippen molar-refractivity contribution in [2.75, 3.05) is 24.7 Å². The summed E-state index contributed by atoms with van der Waals surface area (Å²) < 4.78 is 7.42. The highest BCUT2D eigenvalue weighted by Gasteiger charge is 2.30. The number of rotatable bonds is 3. The number of anilines is 1. The van der Waals surface area contributed by atoms with E-state index in [-0.39, 0.29) is 5.25 Å². The molecule has 0 bridgehead atoms. The number of methoxy groups -OCH3 is 1. The number of hydrogen-bond acceptors (Lipinski definition) is 5. The Morgan fingerprint density at radius 1 is 1.27 bits per heavy atom. The topological polar surface area (TPSA) is 52.0 Å². The number of thioether (sulfide) groups is 1. The molecule has 0 saturated heterocycles. The lowest BCUT2D eigenvalue weighted by Gasteiger charge is -2.19. The fourth-order valence-electron chi connectivity index (χ4n) is 3.39. The van der Waals surface area contributed by atoms with Crippen molar-refractivity contribution in [3.8, 4) is 17.1 Å². The molecule has 0 fully saturated rings. The first-order valence-electron chi connectivity index (χ1n) is 8.67.